The molecule has 0 bridgehead atoms. The van der Waals surface area contributed by atoms with E-state index < -0.39 is 17.9 Å². The largest absolute Gasteiger partial charge is 0.465 e. The Balaban J connectivity index is 3.04. The van der Waals surface area contributed by atoms with Crippen LogP contribution in [-0.2, 0) is 19.1 Å². The van der Waals surface area contributed by atoms with Gasteiger partial charge >= 0.3 is 11.9 Å². The van der Waals surface area contributed by atoms with Crippen molar-refractivity contribution in [1.82, 2.24) is 0 Å². The van der Waals surface area contributed by atoms with Crippen LogP contribution in [0.3, 0.4) is 0 Å². The van der Waals surface area contributed by atoms with Crippen molar-refractivity contribution >= 4 is 11.9 Å². The van der Waals surface area contributed by atoms with Crippen LogP contribution in [0.4, 0.5) is 0 Å². The Hall–Kier alpha value is -1.83. The minimum Gasteiger partial charge on any atom is -0.465 e. The van der Waals surface area contributed by atoms with E-state index >= 15 is 0 Å². The molecule has 0 saturated carbocycles. The molecule has 19 heavy (non-hydrogen) atoms. The van der Waals surface area contributed by atoms with Crippen LogP contribution in [-0.4, -0.2) is 25.2 Å². The molecule has 1 atom stereocenters. The Morgan fingerprint density at radius 3 is 2.42 bits per heavy atom. The fourth-order valence-electron chi connectivity index (χ4n) is 2.20. The van der Waals surface area contributed by atoms with Gasteiger partial charge in [0.1, 0.15) is 0 Å². The van der Waals surface area contributed by atoms with E-state index in [4.69, 9.17) is 14.7 Å². The van der Waals surface area contributed by atoms with Crippen LogP contribution >= 0.6 is 0 Å². The third kappa shape index (κ3) is 3.82. The standard InChI is InChI=1S/C14H19NO4/c1-3-18-13(16)11-8-6-5-7-10(11)12(9-15)14(17)19-4-2/h12H,3-8H2,1-2H3. The lowest BCUT2D eigenvalue weighted by Gasteiger charge is -2.21. The average Bonchev–Trinajstić information content (AvgIpc) is 2.41. The summed E-state index contributed by atoms with van der Waals surface area (Å²) in [5, 5.41) is 9.17. The Morgan fingerprint density at radius 1 is 1.21 bits per heavy atom. The van der Waals surface area contributed by atoms with Gasteiger partial charge in [-0.25, -0.2) is 4.79 Å². The van der Waals surface area contributed by atoms with Crippen molar-refractivity contribution in [3.05, 3.63) is 11.1 Å². The molecular formula is C14H19NO4. The van der Waals surface area contributed by atoms with E-state index in [1.165, 1.54) is 0 Å². The Bertz CT molecular complexity index is 420. The molecule has 1 unspecified atom stereocenters. The summed E-state index contributed by atoms with van der Waals surface area (Å²) in [6.45, 7) is 3.92. The van der Waals surface area contributed by atoms with Crippen molar-refractivity contribution in [3.63, 3.8) is 0 Å². The Morgan fingerprint density at radius 2 is 1.84 bits per heavy atom. The second-order valence-electron chi connectivity index (χ2n) is 4.25. The summed E-state index contributed by atoms with van der Waals surface area (Å²) in [7, 11) is 0. The topological polar surface area (TPSA) is 76.4 Å². The van der Waals surface area contributed by atoms with Crippen molar-refractivity contribution in [3.8, 4) is 6.07 Å². The van der Waals surface area contributed by atoms with Gasteiger partial charge in [0.2, 0.25) is 0 Å². The number of carbonyl (C=O) groups is 2. The summed E-state index contributed by atoms with van der Waals surface area (Å²) in [6, 6.07) is 1.94. The molecule has 1 aliphatic rings. The highest BCUT2D eigenvalue weighted by Crippen LogP contribution is 2.31. The van der Waals surface area contributed by atoms with Crippen LogP contribution < -0.4 is 0 Å². The number of nitriles is 1. The fourth-order valence-corrected chi connectivity index (χ4v) is 2.20. The molecule has 1 aliphatic carbocycles. The van der Waals surface area contributed by atoms with Crippen LogP contribution in [0.15, 0.2) is 11.1 Å². The summed E-state index contributed by atoms with van der Waals surface area (Å²) >= 11 is 0. The third-order valence-electron chi connectivity index (χ3n) is 3.03. The molecule has 0 radical (unpaired) electrons. The van der Waals surface area contributed by atoms with E-state index in [1.807, 2.05) is 6.07 Å². The maximum Gasteiger partial charge on any atom is 0.334 e. The van der Waals surface area contributed by atoms with E-state index in [0.29, 0.717) is 24.0 Å². The second-order valence-corrected chi connectivity index (χ2v) is 4.25. The molecular weight excluding hydrogens is 246 g/mol. The highest BCUT2D eigenvalue weighted by atomic mass is 16.5. The number of hydrogen-bond donors (Lipinski definition) is 0. The smallest absolute Gasteiger partial charge is 0.334 e. The van der Waals surface area contributed by atoms with Crippen LogP contribution in [0, 0.1) is 17.2 Å². The maximum atomic E-state index is 11.9. The van der Waals surface area contributed by atoms with Crippen LogP contribution in [0.1, 0.15) is 39.5 Å². The van der Waals surface area contributed by atoms with Crippen LogP contribution in [0.2, 0.25) is 0 Å². The fraction of sp³-hybridized carbons (Fsp3) is 0.643. The molecule has 5 nitrogen and oxygen atoms in total. The molecule has 0 spiro atoms. The molecule has 0 aromatic carbocycles. The van der Waals surface area contributed by atoms with Gasteiger partial charge in [-0.2, -0.15) is 5.26 Å². The normalized spacial score (nSPS) is 16.5. The molecule has 0 fully saturated rings. The van der Waals surface area contributed by atoms with E-state index in [9.17, 15) is 9.59 Å². The summed E-state index contributed by atoms with van der Waals surface area (Å²) in [4.78, 5) is 23.6. The molecule has 0 saturated heterocycles. The van der Waals surface area contributed by atoms with Crippen LogP contribution in [0.5, 0.6) is 0 Å². The minimum atomic E-state index is -0.986. The first kappa shape index (κ1) is 15.2. The number of ether oxygens (including phenoxy) is 2. The second kappa shape index (κ2) is 7.57. The highest BCUT2D eigenvalue weighted by Gasteiger charge is 2.31. The quantitative estimate of drug-likeness (QED) is 0.712. The molecule has 0 aliphatic heterocycles. The lowest BCUT2D eigenvalue weighted by atomic mass is 9.84. The molecule has 5 heteroatoms. The monoisotopic (exact) mass is 265 g/mol. The van der Waals surface area contributed by atoms with E-state index in [0.717, 1.165) is 12.8 Å². The zero-order chi connectivity index (χ0) is 14.3. The number of rotatable bonds is 5. The first-order chi connectivity index (χ1) is 9.15. The van der Waals surface area contributed by atoms with Gasteiger partial charge in [-0.05, 0) is 45.1 Å². The summed E-state index contributed by atoms with van der Waals surface area (Å²) < 4.78 is 9.88. The van der Waals surface area contributed by atoms with Gasteiger partial charge in [0.05, 0.1) is 19.3 Å². The van der Waals surface area contributed by atoms with Crippen molar-refractivity contribution < 1.29 is 19.1 Å². The third-order valence-corrected chi connectivity index (χ3v) is 3.03. The van der Waals surface area contributed by atoms with Crippen molar-refractivity contribution in [1.29, 1.82) is 5.26 Å². The highest BCUT2D eigenvalue weighted by molar-refractivity contribution is 5.92. The van der Waals surface area contributed by atoms with E-state index in [-0.39, 0.29) is 13.2 Å². The van der Waals surface area contributed by atoms with Gasteiger partial charge in [-0.15, -0.1) is 0 Å². The predicted octanol–water partition coefficient (Wildman–Crippen LogP) is 2.12. The SMILES string of the molecule is CCOC(=O)C1=C(C(C#N)C(=O)OCC)CCCC1. The zero-order valence-electron chi connectivity index (χ0n) is 11.4. The summed E-state index contributed by atoms with van der Waals surface area (Å²) in [6.07, 6.45) is 2.88. The first-order valence-electron chi connectivity index (χ1n) is 6.60. The van der Waals surface area contributed by atoms with Gasteiger partial charge in [-0.3, -0.25) is 4.79 Å². The van der Waals surface area contributed by atoms with Crippen LogP contribution in [0.25, 0.3) is 0 Å². The zero-order valence-corrected chi connectivity index (χ0v) is 11.4. The minimum absolute atomic E-state index is 0.221. The number of esters is 2. The Labute approximate surface area is 113 Å². The lowest BCUT2D eigenvalue weighted by Crippen LogP contribution is -2.24. The van der Waals surface area contributed by atoms with Gasteiger partial charge in [-0.1, -0.05) is 0 Å². The van der Waals surface area contributed by atoms with Crippen molar-refractivity contribution in [2.24, 2.45) is 5.92 Å². The van der Waals surface area contributed by atoms with Gasteiger partial charge < -0.3 is 9.47 Å². The molecule has 0 aromatic heterocycles. The molecule has 0 aromatic rings. The van der Waals surface area contributed by atoms with Gasteiger partial charge in [0.15, 0.2) is 5.92 Å². The van der Waals surface area contributed by atoms with Crippen molar-refractivity contribution in [2.75, 3.05) is 13.2 Å². The summed E-state index contributed by atoms with van der Waals surface area (Å²) in [5.74, 6) is -1.98. The predicted molar refractivity (Wildman–Crippen MR) is 67.9 cm³/mol. The number of carbonyl (C=O) groups excluding carboxylic acids is 2. The van der Waals surface area contributed by atoms with Gasteiger partial charge in [0.25, 0.3) is 0 Å². The maximum absolute atomic E-state index is 11.9. The van der Waals surface area contributed by atoms with Crippen molar-refractivity contribution in [2.45, 2.75) is 39.5 Å². The Kier molecular flexibility index (Phi) is 6.07. The number of hydrogen-bond acceptors (Lipinski definition) is 5. The summed E-state index contributed by atoms with van der Waals surface area (Å²) in [5.41, 5.74) is 1.05. The molecule has 1 rings (SSSR count). The van der Waals surface area contributed by atoms with Gasteiger partial charge in [0, 0.05) is 5.57 Å². The van der Waals surface area contributed by atoms with E-state index in [1.54, 1.807) is 13.8 Å². The molecule has 0 amide bonds. The molecule has 104 valence electrons. The van der Waals surface area contributed by atoms with E-state index in [2.05, 4.69) is 0 Å². The lowest BCUT2D eigenvalue weighted by molar-refractivity contribution is -0.144. The molecule has 0 heterocycles. The molecule has 0 N–H and O–H groups in total. The first-order valence-corrected chi connectivity index (χ1v) is 6.60. The number of nitrogens with zero attached hydrogens (tertiary/aromatic N) is 1. The average molecular weight is 265 g/mol.